The van der Waals surface area contributed by atoms with Crippen LogP contribution in [0.2, 0.25) is 0 Å². The van der Waals surface area contributed by atoms with Gasteiger partial charge in [0.15, 0.2) is 0 Å². The molecule has 5 heteroatoms. The minimum Gasteiger partial charge on any atom is -0.381 e. The molecule has 0 aliphatic carbocycles. The highest BCUT2D eigenvalue weighted by Crippen LogP contribution is 2.40. The average molecular weight is 378 g/mol. The van der Waals surface area contributed by atoms with Gasteiger partial charge in [0, 0.05) is 34.8 Å². The summed E-state index contributed by atoms with van der Waals surface area (Å²) >= 11 is 1.84. The number of ether oxygens (including phenoxy) is 1. The molecule has 0 bridgehead atoms. The number of thioether (sulfide) groups is 1. The van der Waals surface area contributed by atoms with Gasteiger partial charge in [0.1, 0.15) is 5.69 Å². The van der Waals surface area contributed by atoms with Gasteiger partial charge in [0.25, 0.3) is 5.91 Å². The maximum atomic E-state index is 12.7. The van der Waals surface area contributed by atoms with E-state index in [1.165, 1.54) is 4.90 Å². The van der Waals surface area contributed by atoms with E-state index in [4.69, 9.17) is 4.74 Å². The van der Waals surface area contributed by atoms with Gasteiger partial charge in [-0.15, -0.1) is 11.8 Å². The van der Waals surface area contributed by atoms with Gasteiger partial charge in [-0.3, -0.25) is 4.79 Å². The van der Waals surface area contributed by atoms with Crippen molar-refractivity contribution in [2.75, 3.05) is 19.8 Å². The third-order valence-electron chi connectivity index (χ3n) is 4.88. The summed E-state index contributed by atoms with van der Waals surface area (Å²) in [5.74, 6) is -0.125. The molecule has 138 valence electrons. The van der Waals surface area contributed by atoms with Crippen LogP contribution in [0.4, 0.5) is 0 Å². The molecular weight excluding hydrogens is 356 g/mol. The van der Waals surface area contributed by atoms with Gasteiger partial charge in [-0.2, -0.15) is 0 Å². The van der Waals surface area contributed by atoms with Gasteiger partial charge < -0.3 is 10.1 Å². The van der Waals surface area contributed by atoms with Crippen LogP contribution in [0.15, 0.2) is 71.6 Å². The van der Waals surface area contributed by atoms with Crippen molar-refractivity contribution >= 4 is 28.6 Å². The molecule has 1 aliphatic heterocycles. The number of pyridine rings is 1. The lowest BCUT2D eigenvalue weighted by atomic mass is 9.99. The first-order valence-electron chi connectivity index (χ1n) is 9.20. The largest absolute Gasteiger partial charge is 0.381 e. The molecule has 3 aromatic rings. The van der Waals surface area contributed by atoms with Crippen LogP contribution in [-0.2, 0) is 4.74 Å². The normalized spacial score (nSPS) is 16.1. The lowest BCUT2D eigenvalue weighted by Gasteiger charge is -2.36. The second kappa shape index (κ2) is 8.11. The molecule has 4 nitrogen and oxygen atoms in total. The summed E-state index contributed by atoms with van der Waals surface area (Å²) in [5, 5.41) is 4.15. The van der Waals surface area contributed by atoms with Crippen LogP contribution in [-0.4, -0.2) is 35.4 Å². The number of nitrogens with one attached hydrogen (secondary N) is 1. The van der Waals surface area contributed by atoms with Crippen LogP contribution in [0.25, 0.3) is 10.9 Å². The fourth-order valence-electron chi connectivity index (χ4n) is 3.32. The molecule has 0 radical (unpaired) electrons. The fourth-order valence-corrected chi connectivity index (χ4v) is 4.63. The van der Waals surface area contributed by atoms with Crippen LogP contribution in [0.3, 0.4) is 0 Å². The first-order valence-corrected chi connectivity index (χ1v) is 10.0. The van der Waals surface area contributed by atoms with Crippen molar-refractivity contribution in [2.24, 2.45) is 0 Å². The Bertz CT molecular complexity index is 924. The van der Waals surface area contributed by atoms with Gasteiger partial charge in [-0.05, 0) is 37.1 Å². The first kappa shape index (κ1) is 18.0. The van der Waals surface area contributed by atoms with E-state index in [9.17, 15) is 4.79 Å². The summed E-state index contributed by atoms with van der Waals surface area (Å²) in [6.07, 6.45) is 1.83. The molecule has 0 unspecified atom stereocenters. The molecule has 2 heterocycles. The number of nitrogens with zero attached hydrogens (tertiary/aromatic N) is 1. The highest BCUT2D eigenvalue weighted by atomic mass is 32.2. The molecule has 1 aromatic heterocycles. The summed E-state index contributed by atoms with van der Waals surface area (Å²) in [6, 6.07) is 21.9. The van der Waals surface area contributed by atoms with Crippen LogP contribution in [0.5, 0.6) is 0 Å². The molecule has 2 aromatic carbocycles. The lowest BCUT2D eigenvalue weighted by Crippen LogP contribution is -2.44. The average Bonchev–Trinajstić information content (AvgIpc) is 2.73. The Kier molecular flexibility index (Phi) is 5.41. The third-order valence-corrected chi connectivity index (χ3v) is 6.38. The number of fused-ring (bicyclic) bond motifs is 1. The number of para-hydroxylation sites is 1. The molecule has 0 atom stereocenters. The minimum atomic E-state index is -0.125. The molecule has 27 heavy (non-hydrogen) atoms. The van der Waals surface area contributed by atoms with Crippen molar-refractivity contribution < 1.29 is 9.53 Å². The van der Waals surface area contributed by atoms with Gasteiger partial charge >= 0.3 is 0 Å². The summed E-state index contributed by atoms with van der Waals surface area (Å²) < 4.78 is 5.51. The first-order chi connectivity index (χ1) is 13.2. The van der Waals surface area contributed by atoms with Gasteiger partial charge in [-0.25, -0.2) is 4.98 Å². The SMILES string of the molecule is O=C(NCC1(Sc2ccccc2)CCOCC1)c1ccc2ccccc2n1. The number of benzene rings is 2. The fraction of sp³-hybridized carbons (Fsp3) is 0.273. The Labute approximate surface area is 163 Å². The standard InChI is InChI=1S/C22H22N2O2S/c25-21(20-11-10-17-6-4-5-9-19(17)24-20)23-16-22(12-14-26-15-13-22)27-18-7-2-1-3-8-18/h1-11H,12-16H2,(H,23,25). The Hall–Kier alpha value is -2.37. The zero-order valence-corrected chi connectivity index (χ0v) is 15.9. The highest BCUT2D eigenvalue weighted by Gasteiger charge is 2.34. The van der Waals surface area contributed by atoms with Crippen LogP contribution in [0, 0.1) is 0 Å². The molecule has 1 amide bonds. The number of carbonyl (C=O) groups excluding carboxylic acids is 1. The zero-order valence-electron chi connectivity index (χ0n) is 15.1. The summed E-state index contributed by atoms with van der Waals surface area (Å²) in [7, 11) is 0. The molecule has 0 saturated carbocycles. The second-order valence-electron chi connectivity index (χ2n) is 6.78. The smallest absolute Gasteiger partial charge is 0.269 e. The zero-order chi connectivity index (χ0) is 18.5. The summed E-state index contributed by atoms with van der Waals surface area (Å²) in [6.45, 7) is 2.05. The van der Waals surface area contributed by atoms with E-state index in [1.54, 1.807) is 6.07 Å². The highest BCUT2D eigenvalue weighted by molar-refractivity contribution is 8.00. The Morgan fingerprint density at radius 1 is 1.00 bits per heavy atom. The predicted octanol–water partition coefficient (Wildman–Crippen LogP) is 4.31. The van der Waals surface area contributed by atoms with Gasteiger partial charge in [0.05, 0.1) is 5.52 Å². The monoisotopic (exact) mass is 378 g/mol. The van der Waals surface area contributed by atoms with E-state index in [0.717, 1.165) is 37.0 Å². The maximum absolute atomic E-state index is 12.7. The number of rotatable bonds is 5. The van der Waals surface area contributed by atoms with Crippen LogP contribution < -0.4 is 5.32 Å². The second-order valence-corrected chi connectivity index (χ2v) is 8.32. The summed E-state index contributed by atoms with van der Waals surface area (Å²) in [4.78, 5) is 18.4. The number of hydrogen-bond acceptors (Lipinski definition) is 4. The van der Waals surface area contributed by atoms with E-state index in [0.29, 0.717) is 12.2 Å². The van der Waals surface area contributed by atoms with Crippen LogP contribution >= 0.6 is 11.8 Å². The van der Waals surface area contributed by atoms with Crippen molar-refractivity contribution in [1.82, 2.24) is 10.3 Å². The molecule has 1 saturated heterocycles. The topological polar surface area (TPSA) is 51.2 Å². The van der Waals surface area contributed by atoms with Crippen molar-refractivity contribution in [3.63, 3.8) is 0 Å². The Morgan fingerprint density at radius 3 is 2.56 bits per heavy atom. The Morgan fingerprint density at radius 2 is 1.74 bits per heavy atom. The molecule has 0 spiro atoms. The Balaban J connectivity index is 1.48. The van der Waals surface area contributed by atoms with E-state index in [2.05, 4.69) is 22.4 Å². The van der Waals surface area contributed by atoms with E-state index < -0.39 is 0 Å². The quantitative estimate of drug-likeness (QED) is 0.719. The van der Waals surface area contributed by atoms with E-state index in [1.807, 2.05) is 60.3 Å². The number of aromatic nitrogens is 1. The molecule has 4 rings (SSSR count). The van der Waals surface area contributed by atoms with Crippen molar-refractivity contribution in [3.05, 3.63) is 72.4 Å². The summed E-state index contributed by atoms with van der Waals surface area (Å²) in [5.41, 5.74) is 1.30. The lowest BCUT2D eigenvalue weighted by molar-refractivity contribution is 0.0740. The van der Waals surface area contributed by atoms with E-state index >= 15 is 0 Å². The predicted molar refractivity (Wildman–Crippen MR) is 109 cm³/mol. The molecule has 1 fully saturated rings. The minimum absolute atomic E-state index is 0.0495. The van der Waals surface area contributed by atoms with Gasteiger partial charge in [0.2, 0.25) is 0 Å². The number of hydrogen-bond donors (Lipinski definition) is 1. The van der Waals surface area contributed by atoms with Crippen molar-refractivity contribution in [2.45, 2.75) is 22.5 Å². The van der Waals surface area contributed by atoms with Gasteiger partial charge in [-0.1, -0.05) is 42.5 Å². The molecular formula is C22H22N2O2S. The van der Waals surface area contributed by atoms with Crippen molar-refractivity contribution in [1.29, 1.82) is 0 Å². The van der Waals surface area contributed by atoms with E-state index in [-0.39, 0.29) is 10.7 Å². The third kappa shape index (κ3) is 4.31. The van der Waals surface area contributed by atoms with Crippen LogP contribution in [0.1, 0.15) is 23.3 Å². The number of amides is 1. The maximum Gasteiger partial charge on any atom is 0.269 e. The molecule has 1 aliphatic rings. The van der Waals surface area contributed by atoms with Crippen molar-refractivity contribution in [3.8, 4) is 0 Å². The number of carbonyl (C=O) groups is 1. The molecule has 1 N–H and O–H groups in total.